The van der Waals surface area contributed by atoms with Gasteiger partial charge in [-0.2, -0.15) is 4.57 Å². The van der Waals surface area contributed by atoms with Crippen LogP contribution in [0.1, 0.15) is 16.7 Å². The lowest BCUT2D eigenvalue weighted by Crippen LogP contribution is -2.33. The molecule has 182 valence electrons. The molecule has 0 unspecified atom stereocenters. The quantitative estimate of drug-likeness (QED) is 0.190. The molecule has 7 aromatic rings. The predicted molar refractivity (Wildman–Crippen MR) is 159 cm³/mol. The average molecular weight is 491 g/mol. The van der Waals surface area contributed by atoms with Gasteiger partial charge in [0.1, 0.15) is 5.75 Å². The summed E-state index contributed by atoms with van der Waals surface area (Å²) in [5.41, 5.74) is 9.80. The predicted octanol–water partition coefficient (Wildman–Crippen LogP) is 8.87. The molecule has 7 rings (SSSR count). The van der Waals surface area contributed by atoms with Gasteiger partial charge in [-0.25, -0.2) is 0 Å². The SMILES string of the molecule is Cc1cc(C)c(-c2c3ccccc3[n+](-c3c4ccccc4c(O)c4ccccc34)c3ccccc23)c(C)c1. The Balaban J connectivity index is 1.76. The maximum atomic E-state index is 11.3. The first-order chi connectivity index (χ1) is 18.5. The van der Waals surface area contributed by atoms with E-state index in [2.05, 4.69) is 110 Å². The van der Waals surface area contributed by atoms with Gasteiger partial charge in [0.2, 0.25) is 16.7 Å². The highest BCUT2D eigenvalue weighted by molar-refractivity contribution is 6.13. The number of aromatic hydroxyl groups is 1. The highest BCUT2D eigenvalue weighted by Crippen LogP contribution is 2.42. The summed E-state index contributed by atoms with van der Waals surface area (Å²) in [7, 11) is 0. The molecular weight excluding hydrogens is 462 g/mol. The van der Waals surface area contributed by atoms with Crippen LogP contribution in [0.4, 0.5) is 0 Å². The normalized spacial score (nSPS) is 11.7. The summed E-state index contributed by atoms with van der Waals surface area (Å²) in [6, 6.07) is 38.4. The number of phenolic OH excluding ortho intramolecular Hbond substituents is 1. The maximum absolute atomic E-state index is 11.3. The van der Waals surface area contributed by atoms with E-state index < -0.39 is 0 Å². The molecule has 2 heteroatoms. The number of fused-ring (bicyclic) bond motifs is 4. The van der Waals surface area contributed by atoms with Crippen LogP contribution in [-0.4, -0.2) is 5.11 Å². The van der Waals surface area contributed by atoms with Crippen molar-refractivity contribution in [3.63, 3.8) is 0 Å². The molecule has 0 aliphatic heterocycles. The van der Waals surface area contributed by atoms with E-state index in [0.29, 0.717) is 5.75 Å². The minimum atomic E-state index is 0.330. The molecule has 1 heterocycles. The summed E-state index contributed by atoms with van der Waals surface area (Å²) < 4.78 is 2.40. The standard InChI is InChI=1S/C36H27NO/c1-22-20-23(2)33(24(3)21-22)34-29-16-8-10-18-31(29)37(32-19-11-9-17-30(32)34)35-25-12-4-6-14-27(25)36(38)28-15-7-5-13-26(28)35/h4-21H,1-3H3/p+1. The first kappa shape index (κ1) is 22.5. The van der Waals surface area contributed by atoms with Crippen molar-refractivity contribution in [2.45, 2.75) is 20.8 Å². The van der Waals surface area contributed by atoms with Crippen molar-refractivity contribution in [3.8, 4) is 22.6 Å². The molecule has 0 amide bonds. The molecule has 0 spiro atoms. The number of rotatable bonds is 2. The molecule has 0 fully saturated rings. The van der Waals surface area contributed by atoms with E-state index in [1.807, 2.05) is 24.3 Å². The number of aryl methyl sites for hydroxylation is 3. The minimum Gasteiger partial charge on any atom is -0.507 e. The molecule has 0 aliphatic rings. The molecule has 0 saturated heterocycles. The lowest BCUT2D eigenvalue weighted by Gasteiger charge is -2.18. The van der Waals surface area contributed by atoms with Gasteiger partial charge in [-0.3, -0.25) is 0 Å². The number of hydrogen-bond donors (Lipinski definition) is 1. The zero-order valence-corrected chi connectivity index (χ0v) is 21.8. The third kappa shape index (κ3) is 3.17. The second-order valence-electron chi connectivity index (χ2n) is 10.3. The Kier molecular flexibility index (Phi) is 4.99. The van der Waals surface area contributed by atoms with E-state index in [-0.39, 0.29) is 0 Å². The van der Waals surface area contributed by atoms with Crippen LogP contribution in [0.5, 0.6) is 5.75 Å². The van der Waals surface area contributed by atoms with Gasteiger partial charge in [0.05, 0.1) is 21.5 Å². The Morgan fingerprint density at radius 3 is 1.34 bits per heavy atom. The summed E-state index contributed by atoms with van der Waals surface area (Å²) in [5, 5.41) is 17.5. The first-order valence-corrected chi connectivity index (χ1v) is 13.1. The molecule has 0 saturated carbocycles. The topological polar surface area (TPSA) is 24.1 Å². The Morgan fingerprint density at radius 2 is 0.868 bits per heavy atom. The van der Waals surface area contributed by atoms with Crippen LogP contribution in [0.3, 0.4) is 0 Å². The molecule has 1 N–H and O–H groups in total. The molecular formula is C36H28NO+. The number of phenols is 1. The monoisotopic (exact) mass is 490 g/mol. The van der Waals surface area contributed by atoms with Crippen LogP contribution in [0.15, 0.2) is 109 Å². The van der Waals surface area contributed by atoms with Crippen molar-refractivity contribution in [2.24, 2.45) is 0 Å². The van der Waals surface area contributed by atoms with E-state index >= 15 is 0 Å². The fraction of sp³-hybridized carbons (Fsp3) is 0.0833. The Labute approximate surface area is 222 Å². The zero-order chi connectivity index (χ0) is 26.0. The Bertz CT molecular complexity index is 1930. The number of pyridine rings is 1. The van der Waals surface area contributed by atoms with Gasteiger partial charge in [-0.1, -0.05) is 78.4 Å². The van der Waals surface area contributed by atoms with Gasteiger partial charge in [0.25, 0.3) is 0 Å². The van der Waals surface area contributed by atoms with E-state index in [0.717, 1.165) is 38.3 Å². The van der Waals surface area contributed by atoms with Crippen LogP contribution in [-0.2, 0) is 0 Å². The second-order valence-corrected chi connectivity index (χ2v) is 10.3. The van der Waals surface area contributed by atoms with Crippen molar-refractivity contribution < 1.29 is 9.67 Å². The van der Waals surface area contributed by atoms with E-state index in [9.17, 15) is 5.11 Å². The number of aromatic nitrogens is 1. The van der Waals surface area contributed by atoms with Crippen molar-refractivity contribution in [3.05, 3.63) is 126 Å². The highest BCUT2D eigenvalue weighted by atomic mass is 16.3. The average Bonchev–Trinajstić information content (AvgIpc) is 2.93. The summed E-state index contributed by atoms with van der Waals surface area (Å²) in [6.45, 7) is 6.61. The minimum absolute atomic E-state index is 0.330. The van der Waals surface area contributed by atoms with Crippen molar-refractivity contribution in [2.75, 3.05) is 0 Å². The van der Waals surface area contributed by atoms with E-state index in [4.69, 9.17) is 0 Å². The van der Waals surface area contributed by atoms with Gasteiger partial charge < -0.3 is 5.11 Å². The van der Waals surface area contributed by atoms with Crippen LogP contribution in [0.2, 0.25) is 0 Å². The molecule has 0 bridgehead atoms. The fourth-order valence-electron chi connectivity index (χ4n) is 6.44. The van der Waals surface area contributed by atoms with Crippen molar-refractivity contribution >= 4 is 43.4 Å². The largest absolute Gasteiger partial charge is 0.507 e. The first-order valence-electron chi connectivity index (χ1n) is 13.1. The second kappa shape index (κ2) is 8.43. The molecule has 1 aromatic heterocycles. The van der Waals surface area contributed by atoms with Crippen molar-refractivity contribution in [1.29, 1.82) is 0 Å². The Hall–Kier alpha value is -4.69. The molecule has 38 heavy (non-hydrogen) atoms. The summed E-state index contributed by atoms with van der Waals surface area (Å²) in [4.78, 5) is 0. The Morgan fingerprint density at radius 1 is 0.474 bits per heavy atom. The van der Waals surface area contributed by atoms with E-state index in [1.165, 1.54) is 38.6 Å². The number of hydrogen-bond acceptors (Lipinski definition) is 1. The highest BCUT2D eigenvalue weighted by Gasteiger charge is 2.28. The van der Waals surface area contributed by atoms with Crippen LogP contribution < -0.4 is 4.57 Å². The summed E-state index contributed by atoms with van der Waals surface area (Å²) in [6.07, 6.45) is 0. The lowest BCUT2D eigenvalue weighted by atomic mass is 9.88. The third-order valence-corrected chi connectivity index (χ3v) is 7.85. The van der Waals surface area contributed by atoms with E-state index in [1.54, 1.807) is 0 Å². The smallest absolute Gasteiger partial charge is 0.227 e. The third-order valence-electron chi connectivity index (χ3n) is 7.85. The van der Waals surface area contributed by atoms with Crippen LogP contribution >= 0.6 is 0 Å². The maximum Gasteiger partial charge on any atom is 0.227 e. The van der Waals surface area contributed by atoms with Gasteiger partial charge in [-0.05, 0) is 61.7 Å². The molecule has 0 aliphatic carbocycles. The number of benzene rings is 6. The fourth-order valence-corrected chi connectivity index (χ4v) is 6.44. The van der Waals surface area contributed by atoms with Gasteiger partial charge in [0, 0.05) is 28.5 Å². The van der Waals surface area contributed by atoms with Crippen LogP contribution in [0, 0.1) is 20.8 Å². The van der Waals surface area contributed by atoms with Crippen LogP contribution in [0.25, 0.3) is 60.2 Å². The summed E-state index contributed by atoms with van der Waals surface area (Å²) in [5.74, 6) is 0.330. The summed E-state index contributed by atoms with van der Waals surface area (Å²) >= 11 is 0. The lowest BCUT2D eigenvalue weighted by molar-refractivity contribution is -0.534. The van der Waals surface area contributed by atoms with Crippen molar-refractivity contribution in [1.82, 2.24) is 0 Å². The van der Waals surface area contributed by atoms with Gasteiger partial charge in [-0.15, -0.1) is 0 Å². The molecule has 0 radical (unpaired) electrons. The molecule has 2 nitrogen and oxygen atoms in total. The van der Waals surface area contributed by atoms with Gasteiger partial charge >= 0.3 is 0 Å². The zero-order valence-electron chi connectivity index (χ0n) is 21.8. The molecule has 6 aromatic carbocycles. The number of para-hydroxylation sites is 2. The molecule has 0 atom stereocenters. The number of nitrogens with zero attached hydrogens (tertiary/aromatic N) is 1. The van der Waals surface area contributed by atoms with Gasteiger partial charge in [0.15, 0.2) is 0 Å².